The number of thiophene rings is 1. The Kier molecular flexibility index (Phi) is 4.41. The van der Waals surface area contributed by atoms with Crippen LogP contribution >= 0.6 is 22.9 Å². The van der Waals surface area contributed by atoms with Crippen molar-refractivity contribution in [3.8, 4) is 0 Å². The molecular formula is C17H16ClFOS. The molecule has 0 saturated carbocycles. The molecule has 0 saturated heterocycles. The Bertz CT molecular complexity index is 654. The quantitative estimate of drug-likeness (QED) is 0.558. The maximum absolute atomic E-state index is 13.4. The summed E-state index contributed by atoms with van der Waals surface area (Å²) in [5.41, 5.74) is 2.01. The highest BCUT2D eigenvalue weighted by atomic mass is 35.5. The number of carbonyl (C=O) groups is 1. The summed E-state index contributed by atoms with van der Waals surface area (Å²) in [7, 11) is 0. The van der Waals surface area contributed by atoms with Crippen molar-refractivity contribution < 1.29 is 9.18 Å². The average Bonchev–Trinajstić information content (AvgIpc) is 2.74. The molecule has 1 aromatic heterocycles. The van der Waals surface area contributed by atoms with Gasteiger partial charge in [-0.05, 0) is 55.0 Å². The number of hydrogen-bond acceptors (Lipinski definition) is 2. The van der Waals surface area contributed by atoms with Crippen LogP contribution in [0.2, 0.25) is 5.02 Å². The van der Waals surface area contributed by atoms with Crippen molar-refractivity contribution in [3.05, 3.63) is 56.0 Å². The van der Waals surface area contributed by atoms with Crippen LogP contribution in [0.4, 0.5) is 4.39 Å². The first-order chi connectivity index (χ1) is 10.1. The first-order valence-electron chi connectivity index (χ1n) is 7.22. The Morgan fingerprint density at radius 3 is 2.81 bits per heavy atom. The average molecular weight is 323 g/mol. The molecule has 2 aromatic rings. The molecule has 1 heterocycles. The SMILES string of the molecule is O=C(Cc1ccc(Cl)c(F)c1)c1cc2c(s1)CCCCC2. The predicted molar refractivity (Wildman–Crippen MR) is 85.0 cm³/mol. The summed E-state index contributed by atoms with van der Waals surface area (Å²) in [6.45, 7) is 0. The largest absolute Gasteiger partial charge is 0.293 e. The third kappa shape index (κ3) is 3.35. The summed E-state index contributed by atoms with van der Waals surface area (Å²) >= 11 is 7.27. The Balaban J connectivity index is 1.77. The normalized spacial score (nSPS) is 14.6. The summed E-state index contributed by atoms with van der Waals surface area (Å²) < 4.78 is 13.4. The minimum absolute atomic E-state index is 0.0646. The van der Waals surface area contributed by atoms with Gasteiger partial charge in [0.1, 0.15) is 5.82 Å². The van der Waals surface area contributed by atoms with E-state index < -0.39 is 5.82 Å². The highest BCUT2D eigenvalue weighted by Crippen LogP contribution is 2.30. The number of rotatable bonds is 3. The molecule has 0 unspecified atom stereocenters. The topological polar surface area (TPSA) is 17.1 Å². The second-order valence-electron chi connectivity index (χ2n) is 5.47. The second kappa shape index (κ2) is 6.29. The van der Waals surface area contributed by atoms with Crippen molar-refractivity contribution in [1.29, 1.82) is 0 Å². The van der Waals surface area contributed by atoms with Gasteiger partial charge in [0.2, 0.25) is 0 Å². The maximum Gasteiger partial charge on any atom is 0.177 e. The minimum Gasteiger partial charge on any atom is -0.293 e. The first-order valence-corrected chi connectivity index (χ1v) is 8.41. The van der Waals surface area contributed by atoms with Crippen LogP contribution in [-0.4, -0.2) is 5.78 Å². The molecule has 0 amide bonds. The summed E-state index contributed by atoms with van der Waals surface area (Å²) in [6.07, 6.45) is 6.09. The summed E-state index contributed by atoms with van der Waals surface area (Å²) in [5.74, 6) is -0.404. The van der Waals surface area contributed by atoms with Gasteiger partial charge in [-0.2, -0.15) is 0 Å². The molecule has 1 aliphatic carbocycles. The van der Waals surface area contributed by atoms with E-state index in [0.717, 1.165) is 17.7 Å². The number of fused-ring (bicyclic) bond motifs is 1. The molecule has 0 atom stereocenters. The van der Waals surface area contributed by atoms with Crippen molar-refractivity contribution in [2.45, 2.75) is 38.5 Å². The van der Waals surface area contributed by atoms with Gasteiger partial charge >= 0.3 is 0 Å². The molecule has 0 N–H and O–H groups in total. The number of hydrogen-bond donors (Lipinski definition) is 0. The molecule has 1 nitrogen and oxygen atoms in total. The Morgan fingerprint density at radius 1 is 1.19 bits per heavy atom. The van der Waals surface area contributed by atoms with Gasteiger partial charge < -0.3 is 0 Å². The zero-order valence-corrected chi connectivity index (χ0v) is 13.2. The molecule has 0 radical (unpaired) electrons. The number of carbonyl (C=O) groups excluding carboxylic acids is 1. The fourth-order valence-corrected chi connectivity index (χ4v) is 4.04. The van der Waals surface area contributed by atoms with Crippen LogP contribution in [0.15, 0.2) is 24.3 Å². The molecule has 0 fully saturated rings. The van der Waals surface area contributed by atoms with Gasteiger partial charge in [-0.25, -0.2) is 4.39 Å². The van der Waals surface area contributed by atoms with Crippen LogP contribution in [0.5, 0.6) is 0 Å². The molecule has 0 spiro atoms. The standard InChI is InChI=1S/C17H16ClFOS/c18-13-7-6-11(8-14(13)19)9-15(20)17-10-12-4-2-1-3-5-16(12)21-17/h6-8,10H,1-5,9H2. The molecule has 0 bridgehead atoms. The van der Waals surface area contributed by atoms with Crippen molar-refractivity contribution in [2.75, 3.05) is 0 Å². The lowest BCUT2D eigenvalue weighted by molar-refractivity contribution is 0.0996. The van der Waals surface area contributed by atoms with E-state index >= 15 is 0 Å². The van der Waals surface area contributed by atoms with E-state index in [1.54, 1.807) is 17.4 Å². The number of Topliss-reactive ketones (excluding diaryl/α,β-unsaturated/α-hetero) is 1. The fourth-order valence-electron chi connectivity index (χ4n) is 2.73. The number of ketones is 1. The van der Waals surface area contributed by atoms with Crippen molar-refractivity contribution in [3.63, 3.8) is 0 Å². The third-order valence-electron chi connectivity index (χ3n) is 3.87. The van der Waals surface area contributed by atoms with Crippen molar-refractivity contribution >= 4 is 28.7 Å². The summed E-state index contributed by atoms with van der Waals surface area (Å²) in [6, 6.07) is 6.60. The van der Waals surface area contributed by atoms with Crippen LogP contribution in [0, 0.1) is 5.82 Å². The van der Waals surface area contributed by atoms with E-state index in [2.05, 4.69) is 0 Å². The van der Waals surface area contributed by atoms with E-state index in [4.69, 9.17) is 11.6 Å². The van der Waals surface area contributed by atoms with Crippen LogP contribution in [-0.2, 0) is 19.3 Å². The summed E-state index contributed by atoms with van der Waals surface area (Å²) in [5, 5.41) is 0.0917. The monoisotopic (exact) mass is 322 g/mol. The Morgan fingerprint density at radius 2 is 2.00 bits per heavy atom. The van der Waals surface area contributed by atoms with Crippen molar-refractivity contribution in [1.82, 2.24) is 0 Å². The van der Waals surface area contributed by atoms with Gasteiger partial charge in [0.15, 0.2) is 5.78 Å². The number of benzene rings is 1. The van der Waals surface area contributed by atoms with E-state index in [0.29, 0.717) is 5.56 Å². The lowest BCUT2D eigenvalue weighted by Crippen LogP contribution is -2.01. The molecule has 0 aliphatic heterocycles. The molecule has 4 heteroatoms. The maximum atomic E-state index is 13.4. The van der Waals surface area contributed by atoms with Crippen LogP contribution in [0.25, 0.3) is 0 Å². The zero-order chi connectivity index (χ0) is 14.8. The molecule has 1 aliphatic rings. The van der Waals surface area contributed by atoms with Gasteiger partial charge in [0.25, 0.3) is 0 Å². The van der Waals surface area contributed by atoms with E-state index in [9.17, 15) is 9.18 Å². The highest BCUT2D eigenvalue weighted by molar-refractivity contribution is 7.14. The van der Waals surface area contributed by atoms with Crippen LogP contribution < -0.4 is 0 Å². The minimum atomic E-state index is -0.469. The van der Waals surface area contributed by atoms with Gasteiger partial charge in [0.05, 0.1) is 9.90 Å². The smallest absolute Gasteiger partial charge is 0.177 e. The van der Waals surface area contributed by atoms with Gasteiger partial charge in [-0.15, -0.1) is 11.3 Å². The number of aryl methyl sites for hydroxylation is 2. The lowest BCUT2D eigenvalue weighted by atomic mass is 10.1. The second-order valence-corrected chi connectivity index (χ2v) is 7.01. The third-order valence-corrected chi connectivity index (χ3v) is 5.45. The summed E-state index contributed by atoms with van der Waals surface area (Å²) in [4.78, 5) is 14.5. The van der Waals surface area contributed by atoms with Crippen LogP contribution in [0.3, 0.4) is 0 Å². The first kappa shape index (κ1) is 14.7. The Hall–Kier alpha value is -1.19. The molecule has 21 heavy (non-hydrogen) atoms. The zero-order valence-electron chi connectivity index (χ0n) is 11.6. The predicted octanol–water partition coefficient (Wildman–Crippen LogP) is 5.23. The lowest BCUT2D eigenvalue weighted by Gasteiger charge is -2.01. The Labute approximate surface area is 132 Å². The fraction of sp³-hybridized carbons (Fsp3) is 0.353. The van der Waals surface area contributed by atoms with E-state index in [1.165, 1.54) is 41.8 Å². The number of halogens is 2. The van der Waals surface area contributed by atoms with Gasteiger partial charge in [-0.1, -0.05) is 24.1 Å². The van der Waals surface area contributed by atoms with E-state index in [-0.39, 0.29) is 17.2 Å². The van der Waals surface area contributed by atoms with E-state index in [1.807, 2.05) is 6.07 Å². The van der Waals surface area contributed by atoms with Gasteiger partial charge in [0, 0.05) is 11.3 Å². The molecular weight excluding hydrogens is 307 g/mol. The van der Waals surface area contributed by atoms with Crippen LogP contribution in [0.1, 0.15) is 44.9 Å². The molecule has 110 valence electrons. The highest BCUT2D eigenvalue weighted by Gasteiger charge is 2.17. The van der Waals surface area contributed by atoms with Gasteiger partial charge in [-0.3, -0.25) is 4.79 Å². The molecule has 1 aromatic carbocycles. The molecule has 3 rings (SSSR count). The van der Waals surface area contributed by atoms with Crippen molar-refractivity contribution in [2.24, 2.45) is 0 Å².